The molecule has 0 radical (unpaired) electrons. The number of ether oxygens (including phenoxy) is 1. The molecule has 0 aromatic carbocycles. The number of nitrogens with zero attached hydrogens (tertiary/aromatic N) is 5. The Morgan fingerprint density at radius 2 is 1.67 bits per heavy atom. The molecule has 1 saturated heterocycles. The van der Waals surface area contributed by atoms with Crippen molar-refractivity contribution in [2.75, 3.05) is 18.5 Å². The summed E-state index contributed by atoms with van der Waals surface area (Å²) >= 11 is 0. The van der Waals surface area contributed by atoms with E-state index in [0.29, 0.717) is 17.5 Å². The lowest BCUT2D eigenvalue weighted by Crippen LogP contribution is -2.32. The molecule has 11 heteroatoms. The van der Waals surface area contributed by atoms with Gasteiger partial charge in [0, 0.05) is 36.8 Å². The number of esters is 1. The predicted octanol–water partition coefficient (Wildman–Crippen LogP) is 0.608. The van der Waals surface area contributed by atoms with Crippen LogP contribution >= 0.6 is 0 Å². The van der Waals surface area contributed by atoms with Gasteiger partial charge >= 0.3 is 5.97 Å². The molecule has 158 valence electrons. The Morgan fingerprint density at radius 1 is 1.03 bits per heavy atom. The smallest absolute Gasteiger partial charge is 0.308 e. The maximum atomic E-state index is 12.2. The number of hydrogen-bond donors (Lipinski definition) is 1. The maximum absolute atomic E-state index is 12.2. The molecular weight excluding hydrogens is 392 g/mol. The van der Waals surface area contributed by atoms with Crippen molar-refractivity contribution in [2.24, 2.45) is 0 Å². The second-order valence-electron chi connectivity index (χ2n) is 6.93. The first-order chi connectivity index (χ1) is 14.2. The number of aryl methyl sites for hydroxylation is 3. The van der Waals surface area contributed by atoms with Crippen LogP contribution < -0.4 is 5.32 Å². The predicted molar refractivity (Wildman–Crippen MR) is 104 cm³/mol. The number of rotatable bonds is 7. The second-order valence-corrected chi connectivity index (χ2v) is 6.93. The van der Waals surface area contributed by atoms with Crippen molar-refractivity contribution in [1.82, 2.24) is 24.6 Å². The van der Waals surface area contributed by atoms with Gasteiger partial charge in [-0.3, -0.25) is 24.1 Å². The number of anilines is 1. The standard InChI is InChI=1S/C19H22N6O5/c1-11-8-12(2)21-19(20-11)25-14(9-13(3)23-25)22-15(26)10-30-18(29)6-7-24-16(27)4-5-17(24)28/h8-9H,4-7,10H2,1-3H3,(H,22,26). The molecule has 1 fully saturated rings. The van der Waals surface area contributed by atoms with Crippen LogP contribution in [0.3, 0.4) is 0 Å². The van der Waals surface area contributed by atoms with Gasteiger partial charge in [0.2, 0.25) is 11.8 Å². The lowest BCUT2D eigenvalue weighted by Gasteiger charge is -2.13. The van der Waals surface area contributed by atoms with Crippen LogP contribution in [0.5, 0.6) is 0 Å². The minimum atomic E-state index is -0.681. The normalized spacial score (nSPS) is 13.6. The summed E-state index contributed by atoms with van der Waals surface area (Å²) in [5.41, 5.74) is 2.16. The van der Waals surface area contributed by atoms with E-state index in [2.05, 4.69) is 20.4 Å². The van der Waals surface area contributed by atoms with Gasteiger partial charge < -0.3 is 10.1 Å². The first-order valence-electron chi connectivity index (χ1n) is 9.41. The minimum absolute atomic E-state index is 0.0475. The quantitative estimate of drug-likeness (QED) is 0.514. The van der Waals surface area contributed by atoms with Crippen LogP contribution in [-0.2, 0) is 23.9 Å². The highest BCUT2D eigenvalue weighted by molar-refractivity contribution is 6.02. The molecule has 3 amide bonds. The molecular formula is C19H22N6O5. The van der Waals surface area contributed by atoms with Gasteiger partial charge in [-0.1, -0.05) is 0 Å². The first kappa shape index (κ1) is 21.1. The van der Waals surface area contributed by atoms with Crippen LogP contribution in [0, 0.1) is 20.8 Å². The van der Waals surface area contributed by atoms with Crippen molar-refractivity contribution in [3.05, 3.63) is 29.2 Å². The highest BCUT2D eigenvalue weighted by atomic mass is 16.5. The molecule has 1 aliphatic heterocycles. The van der Waals surface area contributed by atoms with Gasteiger partial charge in [0.05, 0.1) is 12.1 Å². The van der Waals surface area contributed by atoms with E-state index in [9.17, 15) is 19.2 Å². The minimum Gasteiger partial charge on any atom is -0.456 e. The SMILES string of the molecule is Cc1cc(C)nc(-n2nc(C)cc2NC(=O)COC(=O)CCN2C(=O)CCC2=O)n1. The maximum Gasteiger partial charge on any atom is 0.308 e. The number of carbonyl (C=O) groups excluding carboxylic acids is 4. The van der Waals surface area contributed by atoms with Gasteiger partial charge in [0.25, 0.3) is 11.9 Å². The van der Waals surface area contributed by atoms with Crippen LogP contribution in [0.2, 0.25) is 0 Å². The summed E-state index contributed by atoms with van der Waals surface area (Å²) < 4.78 is 6.34. The van der Waals surface area contributed by atoms with Crippen LogP contribution in [0.4, 0.5) is 5.82 Å². The molecule has 30 heavy (non-hydrogen) atoms. The second kappa shape index (κ2) is 8.80. The van der Waals surface area contributed by atoms with Crippen molar-refractivity contribution < 1.29 is 23.9 Å². The summed E-state index contributed by atoms with van der Waals surface area (Å²) in [7, 11) is 0. The lowest BCUT2D eigenvalue weighted by atomic mass is 10.4. The third kappa shape index (κ3) is 5.04. The van der Waals surface area contributed by atoms with E-state index < -0.39 is 18.5 Å². The van der Waals surface area contributed by atoms with Crippen LogP contribution in [-0.4, -0.2) is 61.5 Å². The number of hydrogen-bond acceptors (Lipinski definition) is 8. The van der Waals surface area contributed by atoms with E-state index >= 15 is 0 Å². The van der Waals surface area contributed by atoms with Crippen molar-refractivity contribution in [2.45, 2.75) is 40.0 Å². The molecule has 3 rings (SSSR count). The highest BCUT2D eigenvalue weighted by Gasteiger charge is 2.29. The number of carbonyl (C=O) groups is 4. The van der Waals surface area contributed by atoms with E-state index in [1.54, 1.807) is 13.0 Å². The fourth-order valence-electron chi connectivity index (χ4n) is 3.02. The molecule has 1 aliphatic rings. The largest absolute Gasteiger partial charge is 0.456 e. The van der Waals surface area contributed by atoms with E-state index in [-0.39, 0.29) is 37.6 Å². The average molecular weight is 414 g/mol. The third-order valence-electron chi connectivity index (χ3n) is 4.32. The van der Waals surface area contributed by atoms with E-state index in [1.165, 1.54) is 4.68 Å². The van der Waals surface area contributed by atoms with Gasteiger partial charge in [-0.05, 0) is 26.8 Å². The number of aromatic nitrogens is 4. The molecule has 0 bridgehead atoms. The summed E-state index contributed by atoms with van der Waals surface area (Å²) in [5, 5.41) is 6.92. The van der Waals surface area contributed by atoms with Crippen LogP contribution in [0.1, 0.15) is 36.3 Å². The van der Waals surface area contributed by atoms with Crippen molar-refractivity contribution in [1.29, 1.82) is 0 Å². The van der Waals surface area contributed by atoms with Gasteiger partial charge in [-0.15, -0.1) is 0 Å². The molecule has 2 aromatic rings. The molecule has 0 saturated carbocycles. The van der Waals surface area contributed by atoms with Crippen molar-refractivity contribution in [3.8, 4) is 5.95 Å². The molecule has 11 nitrogen and oxygen atoms in total. The van der Waals surface area contributed by atoms with Gasteiger partial charge in [0.1, 0.15) is 5.82 Å². The Balaban J connectivity index is 1.56. The average Bonchev–Trinajstić information content (AvgIpc) is 3.19. The Labute approximate surface area is 172 Å². The van der Waals surface area contributed by atoms with Crippen molar-refractivity contribution in [3.63, 3.8) is 0 Å². The molecule has 0 unspecified atom stereocenters. The Hall–Kier alpha value is -3.63. The van der Waals surface area contributed by atoms with E-state index in [4.69, 9.17) is 4.74 Å². The summed E-state index contributed by atoms with van der Waals surface area (Å²) in [6.07, 6.45) is 0.152. The zero-order valence-corrected chi connectivity index (χ0v) is 17.0. The van der Waals surface area contributed by atoms with E-state index in [1.807, 2.05) is 19.9 Å². The Bertz CT molecular complexity index is 979. The summed E-state index contributed by atoms with van der Waals surface area (Å²) in [6.45, 7) is 4.85. The molecule has 1 N–H and O–H groups in total. The van der Waals surface area contributed by atoms with Gasteiger partial charge in [0.15, 0.2) is 6.61 Å². The summed E-state index contributed by atoms with van der Waals surface area (Å²) in [4.78, 5) is 56.8. The zero-order chi connectivity index (χ0) is 21.8. The fourth-order valence-corrected chi connectivity index (χ4v) is 3.02. The Morgan fingerprint density at radius 3 is 2.30 bits per heavy atom. The first-order valence-corrected chi connectivity index (χ1v) is 9.41. The fraction of sp³-hybridized carbons (Fsp3) is 0.421. The monoisotopic (exact) mass is 414 g/mol. The highest BCUT2D eigenvalue weighted by Crippen LogP contribution is 2.15. The topological polar surface area (TPSA) is 136 Å². The molecule has 0 atom stereocenters. The van der Waals surface area contributed by atoms with E-state index in [0.717, 1.165) is 16.3 Å². The number of amides is 3. The molecule has 3 heterocycles. The Kier molecular flexibility index (Phi) is 6.19. The van der Waals surface area contributed by atoms with Gasteiger partial charge in [-0.25, -0.2) is 9.97 Å². The molecule has 0 spiro atoms. The number of nitrogens with one attached hydrogen (secondary N) is 1. The van der Waals surface area contributed by atoms with Crippen molar-refractivity contribution >= 4 is 29.5 Å². The number of imide groups is 1. The lowest BCUT2D eigenvalue weighted by molar-refractivity contribution is -0.148. The zero-order valence-electron chi connectivity index (χ0n) is 17.0. The summed E-state index contributed by atoms with van der Waals surface area (Å²) in [6, 6.07) is 3.46. The summed E-state index contributed by atoms with van der Waals surface area (Å²) in [5.74, 6) is -1.20. The molecule has 0 aliphatic carbocycles. The number of likely N-dealkylation sites (tertiary alicyclic amines) is 1. The molecule has 2 aromatic heterocycles. The third-order valence-corrected chi connectivity index (χ3v) is 4.32. The van der Waals surface area contributed by atoms with Gasteiger partial charge in [-0.2, -0.15) is 9.78 Å². The van der Waals surface area contributed by atoms with Crippen LogP contribution in [0.15, 0.2) is 12.1 Å². The van der Waals surface area contributed by atoms with Crippen LogP contribution in [0.25, 0.3) is 5.95 Å².